The molecule has 0 spiro atoms. The first kappa shape index (κ1) is 12.1. The second-order valence-electron chi connectivity index (χ2n) is 3.25. The van der Waals surface area contributed by atoms with E-state index in [0.717, 1.165) is 4.88 Å². The molecule has 1 atom stereocenters. The van der Waals surface area contributed by atoms with E-state index in [2.05, 4.69) is 5.32 Å². The van der Waals surface area contributed by atoms with Crippen LogP contribution in [0.5, 0.6) is 0 Å². The zero-order valence-corrected chi connectivity index (χ0v) is 10.4. The van der Waals surface area contributed by atoms with Crippen molar-refractivity contribution in [2.45, 2.75) is 26.3 Å². The number of thiocarbonyl (C=S) groups is 1. The van der Waals surface area contributed by atoms with Crippen molar-refractivity contribution in [2.75, 3.05) is 0 Å². The van der Waals surface area contributed by atoms with Crippen molar-refractivity contribution in [1.29, 1.82) is 0 Å². The predicted molar refractivity (Wildman–Crippen MR) is 67.4 cm³/mol. The van der Waals surface area contributed by atoms with Gasteiger partial charge in [-0.25, -0.2) is 0 Å². The van der Waals surface area contributed by atoms with Gasteiger partial charge in [-0.3, -0.25) is 4.79 Å². The largest absolute Gasteiger partial charge is 0.392 e. The molecule has 5 heteroatoms. The van der Waals surface area contributed by atoms with Gasteiger partial charge in [0, 0.05) is 4.88 Å². The lowest BCUT2D eigenvalue weighted by atomic mass is 10.2. The number of carbonyl (C=O) groups excluding carboxylic acids is 1. The van der Waals surface area contributed by atoms with E-state index < -0.39 is 0 Å². The molecule has 0 aliphatic carbocycles. The Hall–Kier alpha value is -0.940. The lowest BCUT2D eigenvalue weighted by Crippen LogP contribution is -2.42. The van der Waals surface area contributed by atoms with Crippen molar-refractivity contribution in [2.24, 2.45) is 5.73 Å². The average Bonchev–Trinajstić information content (AvgIpc) is 2.60. The summed E-state index contributed by atoms with van der Waals surface area (Å²) in [5.41, 5.74) is 5.50. The lowest BCUT2D eigenvalue weighted by molar-refractivity contribution is 0.0950. The third-order valence-corrected chi connectivity index (χ3v) is 3.31. The minimum Gasteiger partial charge on any atom is -0.392 e. The van der Waals surface area contributed by atoms with Crippen molar-refractivity contribution < 1.29 is 4.79 Å². The summed E-state index contributed by atoms with van der Waals surface area (Å²) in [6.07, 6.45) is 0.714. The Morgan fingerprint density at radius 2 is 2.33 bits per heavy atom. The van der Waals surface area contributed by atoms with Gasteiger partial charge < -0.3 is 11.1 Å². The molecule has 0 aromatic carbocycles. The van der Waals surface area contributed by atoms with Crippen LogP contribution in [0.3, 0.4) is 0 Å². The molecular weight excluding hydrogens is 228 g/mol. The fourth-order valence-electron chi connectivity index (χ4n) is 1.16. The second-order valence-corrected chi connectivity index (χ2v) is 5.01. The van der Waals surface area contributed by atoms with E-state index in [1.54, 1.807) is 0 Å². The highest BCUT2D eigenvalue weighted by atomic mass is 32.1. The Labute approximate surface area is 98.7 Å². The van der Waals surface area contributed by atoms with Gasteiger partial charge in [-0.1, -0.05) is 19.1 Å². The number of aryl methyl sites for hydroxylation is 1. The Kier molecular flexibility index (Phi) is 4.23. The molecule has 0 radical (unpaired) electrons. The molecule has 1 unspecified atom stereocenters. The first-order valence-electron chi connectivity index (χ1n) is 4.71. The van der Waals surface area contributed by atoms with Crippen molar-refractivity contribution in [3.8, 4) is 0 Å². The van der Waals surface area contributed by atoms with Crippen LogP contribution in [-0.2, 0) is 0 Å². The van der Waals surface area contributed by atoms with Gasteiger partial charge in [-0.15, -0.1) is 11.3 Å². The summed E-state index contributed by atoms with van der Waals surface area (Å²) in [4.78, 5) is 13.9. The fourth-order valence-corrected chi connectivity index (χ4v) is 2.16. The molecule has 15 heavy (non-hydrogen) atoms. The summed E-state index contributed by atoms with van der Waals surface area (Å²) in [5.74, 6) is -0.104. The molecule has 0 saturated carbocycles. The van der Waals surface area contributed by atoms with Crippen LogP contribution >= 0.6 is 23.6 Å². The van der Waals surface area contributed by atoms with Crippen LogP contribution < -0.4 is 11.1 Å². The minimum absolute atomic E-state index is 0.104. The normalized spacial score (nSPS) is 12.1. The minimum atomic E-state index is -0.213. The third kappa shape index (κ3) is 3.28. The Morgan fingerprint density at radius 1 is 1.67 bits per heavy atom. The molecule has 0 bridgehead atoms. The van der Waals surface area contributed by atoms with Gasteiger partial charge in [-0.2, -0.15) is 0 Å². The molecule has 82 valence electrons. The predicted octanol–water partition coefficient (Wildman–Crippen LogP) is 1.85. The van der Waals surface area contributed by atoms with E-state index in [4.69, 9.17) is 18.0 Å². The third-order valence-electron chi connectivity index (χ3n) is 2.02. The first-order valence-corrected chi connectivity index (χ1v) is 5.93. The topological polar surface area (TPSA) is 55.1 Å². The number of amides is 1. The molecule has 1 aromatic rings. The zero-order chi connectivity index (χ0) is 11.4. The number of rotatable bonds is 4. The van der Waals surface area contributed by atoms with Crippen molar-refractivity contribution >= 4 is 34.5 Å². The number of hydrogen-bond acceptors (Lipinski definition) is 3. The molecule has 0 saturated heterocycles. The van der Waals surface area contributed by atoms with E-state index in [0.29, 0.717) is 16.3 Å². The number of hydrogen-bond donors (Lipinski definition) is 2. The second kappa shape index (κ2) is 5.23. The maximum atomic E-state index is 11.7. The molecular formula is C10H14N2OS2. The highest BCUT2D eigenvalue weighted by molar-refractivity contribution is 7.80. The molecule has 0 aliphatic heterocycles. The van der Waals surface area contributed by atoms with Crippen molar-refractivity contribution in [3.63, 3.8) is 0 Å². The van der Waals surface area contributed by atoms with E-state index in [1.165, 1.54) is 11.3 Å². The highest BCUT2D eigenvalue weighted by Crippen LogP contribution is 2.14. The smallest absolute Gasteiger partial charge is 0.261 e. The summed E-state index contributed by atoms with van der Waals surface area (Å²) < 4.78 is 0. The van der Waals surface area contributed by atoms with Gasteiger partial charge in [0.1, 0.15) is 0 Å². The van der Waals surface area contributed by atoms with E-state index in [1.807, 2.05) is 26.0 Å². The van der Waals surface area contributed by atoms with Gasteiger partial charge in [0.25, 0.3) is 5.91 Å². The SMILES string of the molecule is CCC(NC(=O)c1ccc(C)s1)C(N)=S. The Morgan fingerprint density at radius 3 is 2.73 bits per heavy atom. The van der Waals surface area contributed by atoms with Crippen LogP contribution in [0, 0.1) is 6.92 Å². The summed E-state index contributed by atoms with van der Waals surface area (Å²) in [5, 5.41) is 2.80. The van der Waals surface area contributed by atoms with Crippen LogP contribution in [0.15, 0.2) is 12.1 Å². The van der Waals surface area contributed by atoms with E-state index >= 15 is 0 Å². The van der Waals surface area contributed by atoms with E-state index in [9.17, 15) is 4.79 Å². The zero-order valence-electron chi connectivity index (χ0n) is 8.74. The summed E-state index contributed by atoms with van der Waals surface area (Å²) in [6, 6.07) is 3.51. The van der Waals surface area contributed by atoms with Gasteiger partial charge >= 0.3 is 0 Å². The van der Waals surface area contributed by atoms with Crippen LogP contribution in [0.25, 0.3) is 0 Å². The monoisotopic (exact) mass is 242 g/mol. The molecule has 3 nitrogen and oxygen atoms in total. The van der Waals surface area contributed by atoms with E-state index in [-0.39, 0.29) is 11.9 Å². The van der Waals surface area contributed by atoms with Gasteiger partial charge in [-0.05, 0) is 25.5 Å². The van der Waals surface area contributed by atoms with Gasteiger partial charge in [0.15, 0.2) is 0 Å². The van der Waals surface area contributed by atoms with Crippen LogP contribution in [-0.4, -0.2) is 16.9 Å². The van der Waals surface area contributed by atoms with Crippen molar-refractivity contribution in [1.82, 2.24) is 5.32 Å². The highest BCUT2D eigenvalue weighted by Gasteiger charge is 2.15. The molecule has 1 amide bonds. The standard InChI is InChI=1S/C10H14N2OS2/c1-3-7(9(11)14)12-10(13)8-5-4-6(2)15-8/h4-5,7H,3H2,1-2H3,(H2,11,14)(H,12,13). The maximum Gasteiger partial charge on any atom is 0.261 e. The summed E-state index contributed by atoms with van der Waals surface area (Å²) in [7, 11) is 0. The molecule has 0 aliphatic rings. The molecule has 1 aromatic heterocycles. The number of carbonyl (C=O) groups is 1. The maximum absolute atomic E-state index is 11.7. The molecule has 1 heterocycles. The molecule has 3 N–H and O–H groups in total. The Balaban J connectivity index is 2.66. The van der Waals surface area contributed by atoms with Gasteiger partial charge in [0.2, 0.25) is 0 Å². The average molecular weight is 242 g/mol. The summed E-state index contributed by atoms with van der Waals surface area (Å²) in [6.45, 7) is 3.90. The Bertz CT molecular complexity index is 373. The summed E-state index contributed by atoms with van der Waals surface area (Å²) >= 11 is 6.32. The molecule has 1 rings (SSSR count). The number of thiophene rings is 1. The fraction of sp³-hybridized carbons (Fsp3) is 0.400. The van der Waals surface area contributed by atoms with Gasteiger partial charge in [0.05, 0.1) is 15.9 Å². The number of nitrogens with two attached hydrogens (primary N) is 1. The lowest BCUT2D eigenvalue weighted by Gasteiger charge is -2.14. The van der Waals surface area contributed by atoms with Crippen LogP contribution in [0.1, 0.15) is 27.9 Å². The molecule has 0 fully saturated rings. The van der Waals surface area contributed by atoms with Crippen LogP contribution in [0.2, 0.25) is 0 Å². The quantitative estimate of drug-likeness (QED) is 0.792. The first-order chi connectivity index (χ1) is 7.04. The number of nitrogens with one attached hydrogen (secondary N) is 1. The van der Waals surface area contributed by atoms with Crippen LogP contribution in [0.4, 0.5) is 0 Å². The van der Waals surface area contributed by atoms with Crippen molar-refractivity contribution in [3.05, 3.63) is 21.9 Å².